The molecule has 96 valence electrons. The number of anilines is 1. The summed E-state index contributed by atoms with van der Waals surface area (Å²) in [6.07, 6.45) is 3.42. The van der Waals surface area contributed by atoms with Crippen molar-refractivity contribution in [3.8, 4) is 5.75 Å². The number of hydrogen-bond donors (Lipinski definition) is 2. The quantitative estimate of drug-likeness (QED) is 0.876. The predicted octanol–water partition coefficient (Wildman–Crippen LogP) is 3.84. The van der Waals surface area contributed by atoms with Gasteiger partial charge in [0.25, 0.3) is 0 Å². The van der Waals surface area contributed by atoms with Crippen LogP contribution in [-0.2, 0) is 6.54 Å². The SMILES string of the molecule is CCOc1c(Br)cc(Cl)cc1NCc1cnc[nH]1. The Balaban J connectivity index is 2.19. The summed E-state index contributed by atoms with van der Waals surface area (Å²) in [6.45, 7) is 3.17. The van der Waals surface area contributed by atoms with Crippen molar-refractivity contribution in [3.05, 3.63) is 39.8 Å². The van der Waals surface area contributed by atoms with E-state index in [0.717, 1.165) is 21.6 Å². The van der Waals surface area contributed by atoms with Gasteiger partial charge in [-0.25, -0.2) is 4.98 Å². The van der Waals surface area contributed by atoms with Crippen molar-refractivity contribution < 1.29 is 4.74 Å². The summed E-state index contributed by atoms with van der Waals surface area (Å²) in [5.41, 5.74) is 1.85. The van der Waals surface area contributed by atoms with Crippen LogP contribution in [0.3, 0.4) is 0 Å². The van der Waals surface area contributed by atoms with Gasteiger partial charge in [-0.3, -0.25) is 0 Å². The molecule has 0 atom stereocenters. The van der Waals surface area contributed by atoms with Gasteiger partial charge in [0.05, 0.1) is 35.3 Å². The average Bonchev–Trinajstić information content (AvgIpc) is 2.83. The standard InChI is InChI=1S/C12H13BrClN3O/c1-2-18-12-10(13)3-8(14)4-11(12)16-6-9-5-15-7-17-9/h3-5,7,16H,2,6H2,1H3,(H,15,17). The van der Waals surface area contributed by atoms with E-state index >= 15 is 0 Å². The third kappa shape index (κ3) is 3.17. The van der Waals surface area contributed by atoms with Crippen molar-refractivity contribution in [2.45, 2.75) is 13.5 Å². The molecule has 0 saturated carbocycles. The fourth-order valence-corrected chi connectivity index (χ4v) is 2.48. The molecule has 4 nitrogen and oxygen atoms in total. The zero-order valence-electron chi connectivity index (χ0n) is 9.84. The van der Waals surface area contributed by atoms with E-state index in [0.29, 0.717) is 18.2 Å². The molecule has 0 spiro atoms. The van der Waals surface area contributed by atoms with Crippen LogP contribution in [0.1, 0.15) is 12.6 Å². The summed E-state index contributed by atoms with van der Waals surface area (Å²) in [5.74, 6) is 0.765. The lowest BCUT2D eigenvalue weighted by molar-refractivity contribution is 0.339. The summed E-state index contributed by atoms with van der Waals surface area (Å²) in [6, 6.07) is 3.65. The normalized spacial score (nSPS) is 10.4. The molecule has 2 aromatic rings. The molecule has 2 rings (SSSR count). The second kappa shape index (κ2) is 6.11. The number of hydrogen-bond acceptors (Lipinski definition) is 3. The zero-order valence-corrected chi connectivity index (χ0v) is 12.2. The van der Waals surface area contributed by atoms with Gasteiger partial charge < -0.3 is 15.0 Å². The van der Waals surface area contributed by atoms with Crippen molar-refractivity contribution in [2.24, 2.45) is 0 Å². The van der Waals surface area contributed by atoms with Gasteiger partial charge in [0, 0.05) is 11.2 Å². The average molecular weight is 331 g/mol. The molecule has 6 heteroatoms. The zero-order chi connectivity index (χ0) is 13.0. The number of benzene rings is 1. The minimum atomic E-state index is 0.596. The first-order chi connectivity index (χ1) is 8.70. The van der Waals surface area contributed by atoms with Crippen LogP contribution in [0, 0.1) is 0 Å². The van der Waals surface area contributed by atoms with Gasteiger partial charge in [-0.15, -0.1) is 0 Å². The fourth-order valence-electron chi connectivity index (χ4n) is 1.55. The molecule has 2 N–H and O–H groups in total. The van der Waals surface area contributed by atoms with Crippen LogP contribution in [-0.4, -0.2) is 16.6 Å². The Morgan fingerprint density at radius 3 is 3.00 bits per heavy atom. The molecular formula is C12H13BrClN3O. The molecule has 1 aromatic carbocycles. The lowest BCUT2D eigenvalue weighted by atomic mass is 10.3. The van der Waals surface area contributed by atoms with Crippen molar-refractivity contribution in [1.82, 2.24) is 9.97 Å². The van der Waals surface area contributed by atoms with Crippen LogP contribution >= 0.6 is 27.5 Å². The van der Waals surface area contributed by atoms with Crippen LogP contribution < -0.4 is 10.1 Å². The first-order valence-electron chi connectivity index (χ1n) is 5.53. The molecule has 18 heavy (non-hydrogen) atoms. The van der Waals surface area contributed by atoms with E-state index in [1.807, 2.05) is 19.1 Å². The number of imidazole rings is 1. The number of nitrogens with zero attached hydrogens (tertiary/aromatic N) is 1. The monoisotopic (exact) mass is 329 g/mol. The molecular weight excluding hydrogens is 318 g/mol. The highest BCUT2D eigenvalue weighted by molar-refractivity contribution is 9.10. The van der Waals surface area contributed by atoms with Crippen molar-refractivity contribution in [1.29, 1.82) is 0 Å². The number of rotatable bonds is 5. The summed E-state index contributed by atoms with van der Waals surface area (Å²) in [7, 11) is 0. The third-order valence-corrected chi connectivity index (χ3v) is 3.13. The topological polar surface area (TPSA) is 49.9 Å². The van der Waals surface area contributed by atoms with Crippen LogP contribution in [0.15, 0.2) is 29.1 Å². The van der Waals surface area contributed by atoms with Crippen LogP contribution in [0.2, 0.25) is 5.02 Å². The van der Waals surface area contributed by atoms with Crippen LogP contribution in [0.5, 0.6) is 5.75 Å². The number of halogens is 2. The summed E-state index contributed by atoms with van der Waals surface area (Å²) in [4.78, 5) is 7.00. The Hall–Kier alpha value is -1.20. The molecule has 0 fully saturated rings. The van der Waals surface area contributed by atoms with Gasteiger partial charge >= 0.3 is 0 Å². The van der Waals surface area contributed by atoms with Gasteiger partial charge in [-0.05, 0) is 35.0 Å². The Kier molecular flexibility index (Phi) is 4.49. The predicted molar refractivity (Wildman–Crippen MR) is 76.2 cm³/mol. The molecule has 0 amide bonds. The van der Waals surface area contributed by atoms with Gasteiger partial charge in [0.15, 0.2) is 5.75 Å². The molecule has 0 unspecified atom stereocenters. The van der Waals surface area contributed by atoms with Crippen LogP contribution in [0.25, 0.3) is 0 Å². The Morgan fingerprint density at radius 2 is 2.33 bits per heavy atom. The van der Waals surface area contributed by atoms with Gasteiger partial charge in [-0.2, -0.15) is 0 Å². The minimum Gasteiger partial charge on any atom is -0.491 e. The van der Waals surface area contributed by atoms with Crippen molar-refractivity contribution >= 4 is 33.2 Å². The Bertz CT molecular complexity index is 516. The van der Waals surface area contributed by atoms with Gasteiger partial charge in [0.2, 0.25) is 0 Å². The molecule has 0 aliphatic heterocycles. The van der Waals surface area contributed by atoms with E-state index in [2.05, 4.69) is 31.2 Å². The maximum atomic E-state index is 6.04. The largest absolute Gasteiger partial charge is 0.491 e. The summed E-state index contributed by atoms with van der Waals surface area (Å²) >= 11 is 9.49. The fraction of sp³-hybridized carbons (Fsp3) is 0.250. The summed E-state index contributed by atoms with van der Waals surface area (Å²) < 4.78 is 6.44. The smallest absolute Gasteiger partial charge is 0.156 e. The number of aromatic nitrogens is 2. The molecule has 0 saturated heterocycles. The van der Waals surface area contributed by atoms with Crippen LogP contribution in [0.4, 0.5) is 5.69 Å². The summed E-state index contributed by atoms with van der Waals surface area (Å²) in [5, 5.41) is 3.92. The number of H-pyrrole nitrogens is 1. The minimum absolute atomic E-state index is 0.596. The van der Waals surface area contributed by atoms with E-state index in [9.17, 15) is 0 Å². The van der Waals surface area contributed by atoms with Gasteiger partial charge in [0.1, 0.15) is 0 Å². The molecule has 0 aliphatic rings. The molecule has 0 aliphatic carbocycles. The van der Waals surface area contributed by atoms with E-state index in [4.69, 9.17) is 16.3 Å². The van der Waals surface area contributed by atoms with E-state index in [-0.39, 0.29) is 0 Å². The first-order valence-corrected chi connectivity index (χ1v) is 6.70. The number of nitrogens with one attached hydrogen (secondary N) is 2. The maximum Gasteiger partial charge on any atom is 0.156 e. The molecule has 1 aromatic heterocycles. The van der Waals surface area contributed by atoms with E-state index in [1.54, 1.807) is 12.5 Å². The highest BCUT2D eigenvalue weighted by Crippen LogP contribution is 2.36. The first kappa shape index (κ1) is 13.2. The highest BCUT2D eigenvalue weighted by atomic mass is 79.9. The number of ether oxygens (including phenoxy) is 1. The highest BCUT2D eigenvalue weighted by Gasteiger charge is 2.10. The third-order valence-electron chi connectivity index (χ3n) is 2.32. The lowest BCUT2D eigenvalue weighted by Gasteiger charge is -2.14. The molecule has 0 bridgehead atoms. The van der Waals surface area contributed by atoms with Crippen molar-refractivity contribution in [3.63, 3.8) is 0 Å². The van der Waals surface area contributed by atoms with E-state index < -0.39 is 0 Å². The second-order valence-electron chi connectivity index (χ2n) is 3.63. The lowest BCUT2D eigenvalue weighted by Crippen LogP contribution is -2.03. The second-order valence-corrected chi connectivity index (χ2v) is 4.92. The number of aromatic amines is 1. The molecule has 0 radical (unpaired) electrons. The Morgan fingerprint density at radius 1 is 1.50 bits per heavy atom. The maximum absolute atomic E-state index is 6.04. The Labute approximate surface area is 119 Å². The van der Waals surface area contributed by atoms with E-state index in [1.165, 1.54) is 0 Å². The van der Waals surface area contributed by atoms with Crippen molar-refractivity contribution in [2.75, 3.05) is 11.9 Å². The molecule has 1 heterocycles. The van der Waals surface area contributed by atoms with Gasteiger partial charge in [-0.1, -0.05) is 11.6 Å².